The van der Waals surface area contributed by atoms with E-state index in [1.165, 1.54) is 0 Å². The molecule has 0 atom stereocenters. The van der Waals surface area contributed by atoms with Gasteiger partial charge in [-0.15, -0.1) is 11.7 Å². The van der Waals surface area contributed by atoms with Gasteiger partial charge in [0, 0.05) is 10.6 Å². The molecule has 0 amide bonds. The molecule has 5 heteroatoms. The number of rotatable bonds is 4. The topological polar surface area (TPSA) is 41.6 Å². The van der Waals surface area contributed by atoms with E-state index in [0.29, 0.717) is 0 Å². The molecule has 0 saturated heterocycles. The van der Waals surface area contributed by atoms with Gasteiger partial charge in [-0.2, -0.15) is 0 Å². The van der Waals surface area contributed by atoms with Crippen LogP contribution in [0.2, 0.25) is 0 Å². The lowest BCUT2D eigenvalue weighted by Crippen LogP contribution is -1.74. The predicted octanol–water partition coefficient (Wildman–Crippen LogP) is 2.88. The van der Waals surface area contributed by atoms with E-state index in [1.54, 1.807) is 21.6 Å². The summed E-state index contributed by atoms with van der Waals surface area (Å²) in [5.74, 6) is 0.929. The van der Waals surface area contributed by atoms with Gasteiger partial charge < -0.3 is 0 Å². The van der Waals surface area contributed by atoms with Crippen LogP contribution in [-0.4, -0.2) is 21.2 Å². The van der Waals surface area contributed by atoms with Crippen molar-refractivity contribution in [1.82, 2.24) is 15.4 Å². The Morgan fingerprint density at radius 1 is 1.50 bits per heavy atom. The summed E-state index contributed by atoms with van der Waals surface area (Å²) < 4.78 is 0. The Labute approximate surface area is 89.7 Å². The highest BCUT2D eigenvalue weighted by atomic mass is 33.1. The molecule has 0 saturated carbocycles. The first kappa shape index (κ1) is 9.61. The minimum absolute atomic E-state index is 0.929. The zero-order chi connectivity index (χ0) is 9.80. The van der Waals surface area contributed by atoms with Crippen LogP contribution in [0.25, 0.3) is 11.0 Å². The fourth-order valence-corrected chi connectivity index (χ4v) is 2.99. The second kappa shape index (κ2) is 4.52. The third-order valence-corrected chi connectivity index (χ3v) is 3.95. The largest absolute Gasteiger partial charge is 0.258 e. The Morgan fingerprint density at radius 3 is 3.29 bits per heavy atom. The summed E-state index contributed by atoms with van der Waals surface area (Å²) >= 11 is 0. The monoisotopic (exact) mass is 223 g/mol. The maximum atomic E-state index is 4.03. The van der Waals surface area contributed by atoms with Crippen molar-refractivity contribution in [1.29, 1.82) is 0 Å². The molecule has 0 fully saturated rings. The zero-order valence-electron chi connectivity index (χ0n) is 7.43. The van der Waals surface area contributed by atoms with E-state index in [4.69, 9.17) is 0 Å². The average molecular weight is 223 g/mol. The molecule has 1 aromatic heterocycles. The molecule has 0 aliphatic carbocycles. The number of benzene rings is 1. The van der Waals surface area contributed by atoms with Crippen molar-refractivity contribution in [3.63, 3.8) is 0 Å². The number of fused-ring (bicyclic) bond motifs is 1. The van der Waals surface area contributed by atoms with Crippen molar-refractivity contribution in [2.75, 3.05) is 5.75 Å². The highest BCUT2D eigenvalue weighted by Crippen LogP contribution is 2.34. The van der Waals surface area contributed by atoms with Crippen LogP contribution >= 0.6 is 21.6 Å². The molecule has 1 heterocycles. The van der Waals surface area contributed by atoms with Crippen LogP contribution in [0.5, 0.6) is 0 Å². The molecular formula is C9H9N3S2. The van der Waals surface area contributed by atoms with Gasteiger partial charge in [-0.25, -0.2) is 0 Å². The van der Waals surface area contributed by atoms with Gasteiger partial charge >= 0.3 is 0 Å². The van der Waals surface area contributed by atoms with Gasteiger partial charge in [0.05, 0.1) is 5.52 Å². The molecule has 72 valence electrons. The van der Waals surface area contributed by atoms with E-state index < -0.39 is 0 Å². The number of hydrogen-bond donors (Lipinski definition) is 1. The number of nitrogens with one attached hydrogen (secondary N) is 1. The minimum Gasteiger partial charge on any atom is -0.258 e. The first-order chi connectivity index (χ1) is 6.92. The van der Waals surface area contributed by atoms with E-state index in [0.717, 1.165) is 21.7 Å². The van der Waals surface area contributed by atoms with Gasteiger partial charge in [-0.05, 0) is 12.1 Å². The van der Waals surface area contributed by atoms with Gasteiger partial charge in [-0.1, -0.05) is 38.9 Å². The third kappa shape index (κ3) is 1.93. The van der Waals surface area contributed by atoms with Crippen molar-refractivity contribution in [3.05, 3.63) is 30.9 Å². The third-order valence-electron chi connectivity index (χ3n) is 1.65. The van der Waals surface area contributed by atoms with E-state index in [9.17, 15) is 0 Å². The van der Waals surface area contributed by atoms with Crippen LogP contribution in [0.15, 0.2) is 35.7 Å². The van der Waals surface area contributed by atoms with Crippen molar-refractivity contribution in [2.45, 2.75) is 4.90 Å². The van der Waals surface area contributed by atoms with E-state index >= 15 is 0 Å². The van der Waals surface area contributed by atoms with Crippen LogP contribution in [0.4, 0.5) is 0 Å². The Morgan fingerprint density at radius 2 is 2.43 bits per heavy atom. The number of aromatic amines is 1. The van der Waals surface area contributed by atoms with Gasteiger partial charge in [0.15, 0.2) is 0 Å². The normalized spacial score (nSPS) is 10.6. The molecule has 0 unspecified atom stereocenters. The quantitative estimate of drug-likeness (QED) is 0.491. The standard InChI is InChI=1S/C9H9N3S2/c1-2-6-13-14-8-5-3-4-7-9(8)11-12-10-7/h2-5H,1,6H2,(H,10,11,12). The van der Waals surface area contributed by atoms with Gasteiger partial charge in [0.2, 0.25) is 0 Å². The predicted molar refractivity (Wildman–Crippen MR) is 62.4 cm³/mol. The summed E-state index contributed by atoms with van der Waals surface area (Å²) in [6.45, 7) is 3.68. The Bertz CT molecular complexity index is 438. The highest BCUT2D eigenvalue weighted by molar-refractivity contribution is 8.76. The summed E-state index contributed by atoms with van der Waals surface area (Å²) in [5, 5.41) is 10.7. The molecule has 0 aliphatic heterocycles. The Balaban J connectivity index is 2.23. The van der Waals surface area contributed by atoms with Crippen LogP contribution in [-0.2, 0) is 0 Å². The lowest BCUT2D eigenvalue weighted by molar-refractivity contribution is 0.957. The molecule has 0 bridgehead atoms. The molecule has 0 radical (unpaired) electrons. The summed E-state index contributed by atoms with van der Waals surface area (Å²) in [6, 6.07) is 6.02. The lowest BCUT2D eigenvalue weighted by atomic mass is 10.3. The second-order valence-electron chi connectivity index (χ2n) is 2.62. The Hall–Kier alpha value is -0.940. The fourth-order valence-electron chi connectivity index (χ4n) is 1.06. The lowest BCUT2D eigenvalue weighted by Gasteiger charge is -1.98. The second-order valence-corrected chi connectivity index (χ2v) is 5.00. The van der Waals surface area contributed by atoms with Crippen molar-refractivity contribution in [3.8, 4) is 0 Å². The maximum absolute atomic E-state index is 4.03. The van der Waals surface area contributed by atoms with Crippen LogP contribution in [0.3, 0.4) is 0 Å². The fraction of sp³-hybridized carbons (Fsp3) is 0.111. The smallest absolute Gasteiger partial charge is 0.127 e. The summed E-state index contributed by atoms with van der Waals surface area (Å²) in [7, 11) is 3.44. The molecule has 14 heavy (non-hydrogen) atoms. The molecule has 0 spiro atoms. The molecule has 1 aromatic carbocycles. The number of nitrogens with zero attached hydrogens (tertiary/aromatic N) is 2. The molecular weight excluding hydrogens is 214 g/mol. The van der Waals surface area contributed by atoms with Crippen molar-refractivity contribution in [2.24, 2.45) is 0 Å². The molecule has 1 N–H and O–H groups in total. The van der Waals surface area contributed by atoms with Crippen LogP contribution in [0, 0.1) is 0 Å². The molecule has 0 aliphatic rings. The summed E-state index contributed by atoms with van der Waals surface area (Å²) in [5.41, 5.74) is 1.92. The van der Waals surface area contributed by atoms with Gasteiger partial charge in [0.1, 0.15) is 5.52 Å². The van der Waals surface area contributed by atoms with Crippen LogP contribution < -0.4 is 0 Å². The minimum atomic E-state index is 0.929. The maximum Gasteiger partial charge on any atom is 0.127 e. The summed E-state index contributed by atoms with van der Waals surface area (Å²) in [6.07, 6.45) is 1.89. The van der Waals surface area contributed by atoms with Crippen molar-refractivity contribution < 1.29 is 0 Å². The highest BCUT2D eigenvalue weighted by Gasteiger charge is 2.03. The average Bonchev–Trinajstić information content (AvgIpc) is 2.67. The first-order valence-corrected chi connectivity index (χ1v) is 6.44. The summed E-state index contributed by atoms with van der Waals surface area (Å²) in [4.78, 5) is 1.14. The number of H-pyrrole nitrogens is 1. The van der Waals surface area contributed by atoms with Crippen LogP contribution in [0.1, 0.15) is 0 Å². The Kier molecular flexibility index (Phi) is 3.10. The molecule has 2 aromatic rings. The molecule has 3 nitrogen and oxygen atoms in total. The van der Waals surface area contributed by atoms with E-state index in [1.807, 2.05) is 24.3 Å². The van der Waals surface area contributed by atoms with Crippen molar-refractivity contribution >= 4 is 32.6 Å². The zero-order valence-corrected chi connectivity index (χ0v) is 9.07. The molecule has 2 rings (SSSR count). The van der Waals surface area contributed by atoms with Gasteiger partial charge in [-0.3, -0.25) is 5.10 Å². The first-order valence-electron chi connectivity index (χ1n) is 4.12. The number of hydrogen-bond acceptors (Lipinski definition) is 4. The number of aromatic nitrogens is 3. The van der Waals surface area contributed by atoms with Gasteiger partial charge in [0.25, 0.3) is 0 Å². The van der Waals surface area contributed by atoms with E-state index in [-0.39, 0.29) is 0 Å². The van der Waals surface area contributed by atoms with E-state index in [2.05, 4.69) is 22.0 Å². The SMILES string of the molecule is C=CCSSc1cccc2[nH]nnc12.